The van der Waals surface area contributed by atoms with E-state index in [1.165, 1.54) is 12.5 Å². The smallest absolute Gasteiger partial charge is 0.387 e. The van der Waals surface area contributed by atoms with Crippen molar-refractivity contribution in [2.24, 2.45) is 10.9 Å². The number of alkyl halides is 2. The fourth-order valence-electron chi connectivity index (χ4n) is 3.02. The Morgan fingerprint density at radius 1 is 1.38 bits per heavy atom. The number of halogens is 3. The topological polar surface area (TPSA) is 46.1 Å². The zero-order valence-corrected chi connectivity index (χ0v) is 17.8. The molecule has 0 aliphatic carbocycles. The quantitative estimate of drug-likeness (QED) is 0.376. The summed E-state index contributed by atoms with van der Waals surface area (Å²) in [4.78, 5) is 6.61. The molecule has 1 atom stereocenters. The van der Waals surface area contributed by atoms with Crippen LogP contribution in [0, 0.1) is 5.92 Å². The summed E-state index contributed by atoms with van der Waals surface area (Å²) in [6, 6.07) is 4.99. The van der Waals surface area contributed by atoms with Gasteiger partial charge in [0.1, 0.15) is 0 Å². The van der Waals surface area contributed by atoms with E-state index in [-0.39, 0.29) is 29.7 Å². The molecule has 0 amide bonds. The minimum Gasteiger partial charge on any atom is -0.490 e. The Morgan fingerprint density at radius 2 is 2.15 bits per heavy atom. The van der Waals surface area contributed by atoms with Crippen LogP contribution < -0.4 is 14.8 Å². The number of aliphatic imine (C=N–C) groups is 1. The van der Waals surface area contributed by atoms with Crippen molar-refractivity contribution in [1.29, 1.82) is 0 Å². The van der Waals surface area contributed by atoms with Crippen LogP contribution in [0.2, 0.25) is 0 Å². The number of likely N-dealkylation sites (tertiary alicyclic amines) is 1. The Labute approximate surface area is 171 Å². The number of nitrogens with one attached hydrogen (secondary N) is 1. The third-order valence-corrected chi connectivity index (χ3v) is 4.14. The molecule has 1 N–H and O–H groups in total. The molecule has 0 bridgehead atoms. The van der Waals surface area contributed by atoms with Gasteiger partial charge in [0.25, 0.3) is 0 Å². The minimum atomic E-state index is -2.87. The van der Waals surface area contributed by atoms with Gasteiger partial charge in [0, 0.05) is 26.7 Å². The van der Waals surface area contributed by atoms with Crippen molar-refractivity contribution < 1.29 is 18.3 Å². The number of hydrogen-bond acceptors (Lipinski definition) is 3. The van der Waals surface area contributed by atoms with E-state index < -0.39 is 6.61 Å². The van der Waals surface area contributed by atoms with E-state index in [4.69, 9.17) is 4.74 Å². The fraction of sp³-hybridized carbons (Fsp3) is 0.611. The number of benzene rings is 1. The van der Waals surface area contributed by atoms with E-state index >= 15 is 0 Å². The summed E-state index contributed by atoms with van der Waals surface area (Å²) < 4.78 is 34.8. The van der Waals surface area contributed by atoms with Crippen LogP contribution in [0.15, 0.2) is 23.2 Å². The summed E-state index contributed by atoms with van der Waals surface area (Å²) in [7, 11) is 1.77. The first-order valence-corrected chi connectivity index (χ1v) is 8.69. The van der Waals surface area contributed by atoms with Crippen molar-refractivity contribution in [3.8, 4) is 11.5 Å². The minimum absolute atomic E-state index is 0. The Balaban J connectivity index is 0.00000338. The lowest BCUT2D eigenvalue weighted by Crippen LogP contribution is -2.45. The molecule has 2 rings (SSSR count). The van der Waals surface area contributed by atoms with E-state index in [0.29, 0.717) is 24.8 Å². The molecule has 0 spiro atoms. The molecule has 1 heterocycles. The summed E-state index contributed by atoms with van der Waals surface area (Å²) in [5.74, 6) is 1.89. The van der Waals surface area contributed by atoms with E-state index in [1.54, 1.807) is 26.1 Å². The Morgan fingerprint density at radius 3 is 2.77 bits per heavy atom. The van der Waals surface area contributed by atoms with Gasteiger partial charge in [-0.05, 0) is 43.4 Å². The summed E-state index contributed by atoms with van der Waals surface area (Å²) in [5.41, 5.74) is 0.913. The molecule has 0 aromatic heterocycles. The molecule has 148 valence electrons. The van der Waals surface area contributed by atoms with Gasteiger partial charge in [-0.2, -0.15) is 8.78 Å². The van der Waals surface area contributed by atoms with Gasteiger partial charge in [-0.3, -0.25) is 4.99 Å². The maximum Gasteiger partial charge on any atom is 0.387 e. The molecule has 0 radical (unpaired) electrons. The fourth-order valence-corrected chi connectivity index (χ4v) is 3.02. The van der Waals surface area contributed by atoms with Gasteiger partial charge in [0.15, 0.2) is 17.5 Å². The van der Waals surface area contributed by atoms with E-state index in [0.717, 1.165) is 31.0 Å². The van der Waals surface area contributed by atoms with Crippen LogP contribution in [0.3, 0.4) is 0 Å². The third kappa shape index (κ3) is 6.77. The number of ether oxygens (including phenoxy) is 2. The first-order chi connectivity index (χ1) is 12.0. The molecule has 1 fully saturated rings. The summed E-state index contributed by atoms with van der Waals surface area (Å²) in [6.45, 7) is 4.08. The maximum absolute atomic E-state index is 12.5. The highest BCUT2D eigenvalue weighted by molar-refractivity contribution is 14.0. The molecule has 1 aromatic carbocycles. The van der Waals surface area contributed by atoms with Crippen LogP contribution in [0.1, 0.15) is 32.3 Å². The van der Waals surface area contributed by atoms with Crippen molar-refractivity contribution in [3.05, 3.63) is 23.8 Å². The molecular weight excluding hydrogens is 455 g/mol. The molecule has 1 saturated heterocycles. The molecule has 1 aromatic rings. The zero-order valence-electron chi connectivity index (χ0n) is 15.5. The van der Waals surface area contributed by atoms with Gasteiger partial charge < -0.3 is 19.7 Å². The van der Waals surface area contributed by atoms with E-state index in [9.17, 15) is 8.78 Å². The lowest BCUT2D eigenvalue weighted by molar-refractivity contribution is -0.0514. The van der Waals surface area contributed by atoms with Crippen LogP contribution in [0.25, 0.3) is 0 Å². The normalized spacial score (nSPS) is 17.7. The highest BCUT2D eigenvalue weighted by atomic mass is 127. The highest BCUT2D eigenvalue weighted by Crippen LogP contribution is 2.30. The second-order valence-electron chi connectivity index (χ2n) is 6.19. The van der Waals surface area contributed by atoms with Crippen molar-refractivity contribution >= 4 is 29.9 Å². The van der Waals surface area contributed by atoms with Gasteiger partial charge in [-0.15, -0.1) is 24.0 Å². The maximum atomic E-state index is 12.5. The van der Waals surface area contributed by atoms with Crippen LogP contribution in [-0.4, -0.2) is 44.2 Å². The summed E-state index contributed by atoms with van der Waals surface area (Å²) in [6.07, 6.45) is 2.41. The van der Waals surface area contributed by atoms with E-state index in [1.807, 2.05) is 0 Å². The van der Waals surface area contributed by atoms with Crippen molar-refractivity contribution in [1.82, 2.24) is 10.2 Å². The standard InChI is InChI=1S/C18H27F2N3O2.HI/c1-4-24-16-10-14(7-8-15(16)25-17(19)20)11-22-18(21-3)23-9-5-6-13(2)12-23;/h7-8,10,13,17H,4-6,9,11-12H2,1-3H3,(H,21,22);1H. The lowest BCUT2D eigenvalue weighted by atomic mass is 10.0. The second-order valence-corrected chi connectivity index (χ2v) is 6.19. The largest absolute Gasteiger partial charge is 0.490 e. The van der Waals surface area contributed by atoms with Gasteiger partial charge in [-0.1, -0.05) is 13.0 Å². The highest BCUT2D eigenvalue weighted by Gasteiger charge is 2.19. The number of nitrogens with zero attached hydrogens (tertiary/aromatic N) is 2. The van der Waals surface area contributed by atoms with Crippen molar-refractivity contribution in [3.63, 3.8) is 0 Å². The summed E-state index contributed by atoms with van der Waals surface area (Å²) in [5, 5.41) is 3.34. The monoisotopic (exact) mass is 483 g/mol. The molecule has 1 aliphatic heterocycles. The van der Waals surface area contributed by atoms with Gasteiger partial charge in [0.05, 0.1) is 6.61 Å². The van der Waals surface area contributed by atoms with Crippen LogP contribution >= 0.6 is 24.0 Å². The average molecular weight is 483 g/mol. The second kappa shape index (κ2) is 11.4. The molecule has 5 nitrogen and oxygen atoms in total. The van der Waals surface area contributed by atoms with E-state index in [2.05, 4.69) is 26.9 Å². The van der Waals surface area contributed by atoms with Gasteiger partial charge in [-0.25, -0.2) is 0 Å². The predicted molar refractivity (Wildman–Crippen MR) is 110 cm³/mol. The Hall–Kier alpha value is -1.32. The number of guanidine groups is 1. The van der Waals surface area contributed by atoms with Crippen LogP contribution in [0.4, 0.5) is 8.78 Å². The molecule has 0 saturated carbocycles. The number of hydrogen-bond donors (Lipinski definition) is 1. The van der Waals surface area contributed by atoms with Crippen molar-refractivity contribution in [2.45, 2.75) is 39.8 Å². The van der Waals surface area contributed by atoms with Crippen LogP contribution in [-0.2, 0) is 6.54 Å². The molecule has 1 aliphatic rings. The summed E-state index contributed by atoms with van der Waals surface area (Å²) >= 11 is 0. The molecular formula is C18H28F2IN3O2. The predicted octanol–water partition coefficient (Wildman–Crippen LogP) is 4.11. The molecule has 8 heteroatoms. The third-order valence-electron chi connectivity index (χ3n) is 4.14. The zero-order chi connectivity index (χ0) is 18.2. The number of piperidine rings is 1. The van der Waals surface area contributed by atoms with Gasteiger partial charge >= 0.3 is 6.61 Å². The number of rotatable bonds is 6. The Kier molecular flexibility index (Phi) is 9.97. The first kappa shape index (κ1) is 22.7. The first-order valence-electron chi connectivity index (χ1n) is 8.69. The average Bonchev–Trinajstić information content (AvgIpc) is 2.57. The Bertz CT molecular complexity index is 588. The van der Waals surface area contributed by atoms with Gasteiger partial charge in [0.2, 0.25) is 0 Å². The van der Waals surface area contributed by atoms with Crippen molar-refractivity contribution in [2.75, 3.05) is 26.7 Å². The molecule has 1 unspecified atom stereocenters. The molecule has 26 heavy (non-hydrogen) atoms. The van der Waals surface area contributed by atoms with Crippen LogP contribution in [0.5, 0.6) is 11.5 Å². The lowest BCUT2D eigenvalue weighted by Gasteiger charge is -2.33. The SMILES string of the molecule is CCOc1cc(CNC(=NC)N2CCCC(C)C2)ccc1OC(F)F.I.